The number of hydrogen-bond acceptors (Lipinski definition) is 4. The molecule has 6 nitrogen and oxygen atoms in total. The van der Waals surface area contributed by atoms with E-state index in [9.17, 15) is 14.4 Å². The zero-order valence-electron chi connectivity index (χ0n) is 9.87. The van der Waals surface area contributed by atoms with Gasteiger partial charge < -0.3 is 11.1 Å². The molecule has 0 rings (SSSR count). The van der Waals surface area contributed by atoms with Gasteiger partial charge in [-0.25, -0.2) is 0 Å². The lowest BCUT2D eigenvalue weighted by Gasteiger charge is -2.14. The summed E-state index contributed by atoms with van der Waals surface area (Å²) in [6, 6.07) is -1.11. The maximum absolute atomic E-state index is 11.5. The summed E-state index contributed by atoms with van der Waals surface area (Å²) in [7, 11) is 0. The summed E-state index contributed by atoms with van der Waals surface area (Å²) in [5.41, 5.74) is 5.02. The second-order valence-electron chi connectivity index (χ2n) is 3.61. The van der Waals surface area contributed by atoms with E-state index in [2.05, 4.69) is 10.6 Å². The zero-order valence-corrected chi connectivity index (χ0v) is 9.87. The average molecular weight is 229 g/mol. The predicted molar refractivity (Wildman–Crippen MR) is 59.6 cm³/mol. The van der Waals surface area contributed by atoms with E-state index in [0.717, 1.165) is 0 Å². The van der Waals surface area contributed by atoms with Crippen LogP contribution < -0.4 is 16.4 Å². The van der Waals surface area contributed by atoms with E-state index in [-0.39, 0.29) is 18.2 Å². The zero-order chi connectivity index (χ0) is 12.7. The Morgan fingerprint density at radius 1 is 1.19 bits per heavy atom. The molecule has 2 atom stereocenters. The molecule has 0 saturated heterocycles. The quantitative estimate of drug-likeness (QED) is 0.517. The van der Waals surface area contributed by atoms with Gasteiger partial charge in [0.1, 0.15) is 0 Å². The van der Waals surface area contributed by atoms with Gasteiger partial charge in [-0.15, -0.1) is 0 Å². The lowest BCUT2D eigenvalue weighted by molar-refractivity contribution is -0.127. The minimum absolute atomic E-state index is 0.00919. The van der Waals surface area contributed by atoms with Crippen LogP contribution in [-0.4, -0.2) is 36.2 Å². The van der Waals surface area contributed by atoms with E-state index in [4.69, 9.17) is 5.73 Å². The van der Waals surface area contributed by atoms with E-state index in [1.165, 1.54) is 0 Å². The first-order valence-corrected chi connectivity index (χ1v) is 5.23. The highest BCUT2D eigenvalue weighted by Gasteiger charge is 2.16. The molecule has 0 aromatic heterocycles. The third-order valence-corrected chi connectivity index (χ3v) is 2.19. The highest BCUT2D eigenvalue weighted by molar-refractivity contribution is 5.90. The minimum Gasteiger partial charge on any atom is -0.368 e. The van der Waals surface area contributed by atoms with Gasteiger partial charge in [-0.1, -0.05) is 6.92 Å². The Bertz CT molecular complexity index is 278. The predicted octanol–water partition coefficient (Wildman–Crippen LogP) is -1.07. The lowest BCUT2D eigenvalue weighted by atomic mass is 10.2. The Morgan fingerprint density at radius 2 is 1.75 bits per heavy atom. The number of rotatable bonds is 7. The Balaban J connectivity index is 3.97. The van der Waals surface area contributed by atoms with Crippen LogP contribution in [0.3, 0.4) is 0 Å². The van der Waals surface area contributed by atoms with Crippen LogP contribution in [0, 0.1) is 0 Å². The van der Waals surface area contributed by atoms with E-state index in [1.807, 2.05) is 0 Å². The van der Waals surface area contributed by atoms with Crippen LogP contribution in [0.1, 0.15) is 27.2 Å². The average Bonchev–Trinajstić information content (AvgIpc) is 2.24. The summed E-state index contributed by atoms with van der Waals surface area (Å²) in [6.45, 7) is 4.90. The molecule has 0 fully saturated rings. The minimum atomic E-state index is -0.557. The second kappa shape index (κ2) is 6.95. The highest BCUT2D eigenvalue weighted by Crippen LogP contribution is 1.88. The van der Waals surface area contributed by atoms with E-state index < -0.39 is 18.0 Å². The van der Waals surface area contributed by atoms with Crippen molar-refractivity contribution >= 4 is 17.6 Å². The van der Waals surface area contributed by atoms with Crippen molar-refractivity contribution in [3.63, 3.8) is 0 Å². The van der Waals surface area contributed by atoms with Crippen molar-refractivity contribution in [3.05, 3.63) is 0 Å². The topological polar surface area (TPSA) is 101 Å². The van der Waals surface area contributed by atoms with Crippen LogP contribution >= 0.6 is 0 Å². The molecule has 0 heterocycles. The van der Waals surface area contributed by atoms with E-state index in [0.29, 0.717) is 6.42 Å². The number of ketones is 1. The molecule has 0 bridgehead atoms. The molecule has 6 heteroatoms. The molecule has 0 aromatic rings. The molecule has 0 unspecified atom stereocenters. The number of primary amides is 1. The fourth-order valence-electron chi connectivity index (χ4n) is 0.931. The number of Topliss-reactive ketones (excluding diaryl/α,β-unsaturated/α-hetero) is 1. The van der Waals surface area contributed by atoms with Crippen LogP contribution in [0.25, 0.3) is 0 Å². The van der Waals surface area contributed by atoms with Gasteiger partial charge in [0, 0.05) is 6.42 Å². The van der Waals surface area contributed by atoms with Gasteiger partial charge in [0.15, 0.2) is 5.78 Å². The largest absolute Gasteiger partial charge is 0.368 e. The number of hydrogen-bond donors (Lipinski definition) is 3. The van der Waals surface area contributed by atoms with Crippen molar-refractivity contribution in [1.29, 1.82) is 0 Å². The van der Waals surface area contributed by atoms with Crippen LogP contribution in [0.5, 0.6) is 0 Å². The molecule has 16 heavy (non-hydrogen) atoms. The number of carbonyl (C=O) groups is 3. The summed E-state index contributed by atoms with van der Waals surface area (Å²) in [6.07, 6.45) is 0.336. The first-order chi connectivity index (χ1) is 7.38. The molecule has 0 aliphatic carbocycles. The maximum atomic E-state index is 11.5. The molecule has 0 spiro atoms. The van der Waals surface area contributed by atoms with Crippen molar-refractivity contribution in [3.8, 4) is 0 Å². The van der Waals surface area contributed by atoms with Crippen molar-refractivity contribution < 1.29 is 14.4 Å². The SMILES string of the molecule is CCC(=O)N[C@@H](C)C(=O)CN[C@@H](C)C(N)=O. The fourth-order valence-corrected chi connectivity index (χ4v) is 0.931. The standard InChI is InChI=1S/C10H19N3O3/c1-4-9(15)13-6(2)8(14)5-12-7(3)10(11)16/h6-7,12H,4-5H2,1-3H3,(H2,11,16)(H,13,15)/t6-,7-/m0/s1. The molecule has 0 saturated carbocycles. The van der Waals surface area contributed by atoms with Crippen LogP contribution in [-0.2, 0) is 14.4 Å². The summed E-state index contributed by atoms with van der Waals surface area (Å²) in [5.74, 6) is -0.878. The second-order valence-corrected chi connectivity index (χ2v) is 3.61. The first kappa shape index (κ1) is 14.6. The number of carbonyl (C=O) groups excluding carboxylic acids is 3. The Morgan fingerprint density at radius 3 is 2.19 bits per heavy atom. The smallest absolute Gasteiger partial charge is 0.234 e. The molecule has 92 valence electrons. The summed E-state index contributed by atoms with van der Waals surface area (Å²) >= 11 is 0. The van der Waals surface area contributed by atoms with Crippen LogP contribution in [0.2, 0.25) is 0 Å². The summed E-state index contributed by atoms with van der Waals surface area (Å²) < 4.78 is 0. The van der Waals surface area contributed by atoms with E-state index in [1.54, 1.807) is 20.8 Å². The van der Waals surface area contributed by atoms with Crippen LogP contribution in [0.15, 0.2) is 0 Å². The first-order valence-electron chi connectivity index (χ1n) is 5.23. The Kier molecular flexibility index (Phi) is 6.32. The molecule has 0 aliphatic rings. The summed E-state index contributed by atoms with van der Waals surface area (Å²) in [4.78, 5) is 33.2. The van der Waals surface area contributed by atoms with Crippen LogP contribution in [0.4, 0.5) is 0 Å². The lowest BCUT2D eigenvalue weighted by Crippen LogP contribution is -2.46. The number of nitrogens with one attached hydrogen (secondary N) is 2. The molecule has 0 radical (unpaired) electrons. The molecule has 0 aliphatic heterocycles. The Hall–Kier alpha value is -1.43. The fraction of sp³-hybridized carbons (Fsp3) is 0.700. The highest BCUT2D eigenvalue weighted by atomic mass is 16.2. The van der Waals surface area contributed by atoms with Gasteiger partial charge in [0.2, 0.25) is 11.8 Å². The molecule has 0 aromatic carbocycles. The summed E-state index contributed by atoms with van der Waals surface area (Å²) in [5, 5.41) is 5.22. The molecular formula is C10H19N3O3. The van der Waals surface area contributed by atoms with Gasteiger partial charge in [0.05, 0.1) is 18.6 Å². The van der Waals surface area contributed by atoms with Crippen molar-refractivity contribution in [2.24, 2.45) is 5.73 Å². The van der Waals surface area contributed by atoms with Gasteiger partial charge in [-0.2, -0.15) is 0 Å². The number of nitrogens with two attached hydrogens (primary N) is 1. The van der Waals surface area contributed by atoms with E-state index >= 15 is 0 Å². The number of amides is 2. The van der Waals surface area contributed by atoms with Gasteiger partial charge >= 0.3 is 0 Å². The normalized spacial score (nSPS) is 13.9. The van der Waals surface area contributed by atoms with Crippen molar-refractivity contribution in [1.82, 2.24) is 10.6 Å². The third kappa shape index (κ3) is 5.45. The van der Waals surface area contributed by atoms with Crippen molar-refractivity contribution in [2.45, 2.75) is 39.3 Å². The Labute approximate surface area is 94.9 Å². The molecular weight excluding hydrogens is 210 g/mol. The maximum Gasteiger partial charge on any atom is 0.234 e. The van der Waals surface area contributed by atoms with Gasteiger partial charge in [-0.05, 0) is 13.8 Å². The molecule has 2 amide bonds. The monoisotopic (exact) mass is 229 g/mol. The van der Waals surface area contributed by atoms with Gasteiger partial charge in [-0.3, -0.25) is 19.7 Å². The third-order valence-electron chi connectivity index (χ3n) is 2.19. The molecule has 4 N–H and O–H groups in total. The van der Waals surface area contributed by atoms with Crippen molar-refractivity contribution in [2.75, 3.05) is 6.54 Å². The van der Waals surface area contributed by atoms with Gasteiger partial charge in [0.25, 0.3) is 0 Å².